The van der Waals surface area contributed by atoms with Gasteiger partial charge in [-0.3, -0.25) is 9.59 Å². The molecule has 6 nitrogen and oxygen atoms in total. The summed E-state index contributed by atoms with van der Waals surface area (Å²) in [6.45, 7) is 5.14. The van der Waals surface area contributed by atoms with E-state index in [1.54, 1.807) is 13.2 Å². The molecule has 1 amide bonds. The molecule has 0 radical (unpaired) electrons. The zero-order valence-electron chi connectivity index (χ0n) is 13.6. The number of aliphatic carboxylic acids is 1. The van der Waals surface area contributed by atoms with Gasteiger partial charge >= 0.3 is 5.97 Å². The molecule has 0 saturated heterocycles. The second kappa shape index (κ2) is 6.56. The minimum Gasteiger partial charge on any atom is -0.495 e. The Balaban J connectivity index is 2.44. The lowest BCUT2D eigenvalue weighted by molar-refractivity contribution is -0.138. The van der Waals surface area contributed by atoms with Crippen LogP contribution in [0.1, 0.15) is 28.7 Å². The maximum absolute atomic E-state index is 12.3. The Morgan fingerprint density at radius 2 is 1.91 bits per heavy atom. The molecule has 0 aliphatic carbocycles. The Kier molecular flexibility index (Phi) is 4.74. The number of para-hydroxylation sites is 2. The molecule has 0 fully saturated rings. The summed E-state index contributed by atoms with van der Waals surface area (Å²) in [7, 11) is 1.59. The van der Waals surface area contributed by atoms with E-state index in [-0.39, 0.29) is 0 Å². The lowest BCUT2D eigenvalue weighted by atomic mass is 10.2. The molecule has 0 spiro atoms. The lowest BCUT2D eigenvalue weighted by Crippen LogP contribution is -2.38. The molecule has 1 atom stereocenters. The number of benzene rings is 1. The molecule has 2 rings (SSSR count). The predicted molar refractivity (Wildman–Crippen MR) is 86.4 cm³/mol. The summed E-state index contributed by atoms with van der Waals surface area (Å²) < 4.78 is 7.29. The number of carbonyl (C=O) groups excluding carboxylic acids is 1. The van der Waals surface area contributed by atoms with Crippen LogP contribution in [0.4, 0.5) is 0 Å². The zero-order chi connectivity index (χ0) is 17.1. The van der Waals surface area contributed by atoms with E-state index >= 15 is 0 Å². The second-order valence-electron chi connectivity index (χ2n) is 5.33. The standard InChI is InChI=1S/C17H20N2O4/c1-10-9-13(16(20)18-11(2)17(21)22)12(3)19(10)14-7-5-6-8-15(14)23-4/h5-9,11H,1-4H3,(H,18,20)(H,21,22). The number of methoxy groups -OCH3 is 1. The fourth-order valence-electron chi connectivity index (χ4n) is 2.51. The zero-order valence-corrected chi connectivity index (χ0v) is 13.6. The van der Waals surface area contributed by atoms with Crippen LogP contribution < -0.4 is 10.1 Å². The smallest absolute Gasteiger partial charge is 0.325 e. The average molecular weight is 316 g/mol. The minimum atomic E-state index is -1.07. The third kappa shape index (κ3) is 3.21. The number of aromatic nitrogens is 1. The number of amides is 1. The van der Waals surface area contributed by atoms with Crippen LogP contribution >= 0.6 is 0 Å². The number of nitrogens with one attached hydrogen (secondary N) is 1. The van der Waals surface area contributed by atoms with Crippen molar-refractivity contribution in [2.45, 2.75) is 26.8 Å². The molecule has 122 valence electrons. The van der Waals surface area contributed by atoms with Crippen molar-refractivity contribution in [3.05, 3.63) is 47.3 Å². The number of ether oxygens (including phenoxy) is 1. The maximum atomic E-state index is 12.3. The van der Waals surface area contributed by atoms with Crippen LogP contribution in [0.15, 0.2) is 30.3 Å². The molecule has 1 unspecified atom stereocenters. The van der Waals surface area contributed by atoms with Crippen LogP contribution in [0, 0.1) is 13.8 Å². The molecule has 0 aliphatic heterocycles. The van der Waals surface area contributed by atoms with E-state index in [1.165, 1.54) is 6.92 Å². The van der Waals surface area contributed by atoms with E-state index in [9.17, 15) is 9.59 Å². The largest absolute Gasteiger partial charge is 0.495 e. The summed E-state index contributed by atoms with van der Waals surface area (Å²) in [5, 5.41) is 11.4. The van der Waals surface area contributed by atoms with Crippen molar-refractivity contribution in [2.24, 2.45) is 0 Å². The first-order chi connectivity index (χ1) is 10.9. The van der Waals surface area contributed by atoms with Crippen molar-refractivity contribution in [3.8, 4) is 11.4 Å². The van der Waals surface area contributed by atoms with Crippen LogP contribution in [-0.2, 0) is 4.79 Å². The molecule has 0 saturated carbocycles. The highest BCUT2D eigenvalue weighted by atomic mass is 16.5. The van der Waals surface area contributed by atoms with Gasteiger partial charge in [0.1, 0.15) is 11.8 Å². The quantitative estimate of drug-likeness (QED) is 0.887. The highest BCUT2D eigenvalue weighted by Gasteiger charge is 2.21. The Bertz CT molecular complexity index is 749. The number of carbonyl (C=O) groups is 2. The topological polar surface area (TPSA) is 80.6 Å². The van der Waals surface area contributed by atoms with Crippen molar-refractivity contribution in [1.29, 1.82) is 0 Å². The Hall–Kier alpha value is -2.76. The van der Waals surface area contributed by atoms with Gasteiger partial charge in [-0.25, -0.2) is 0 Å². The minimum absolute atomic E-state index is 0.408. The molecule has 23 heavy (non-hydrogen) atoms. The molecule has 1 aromatic heterocycles. The molecular formula is C17H20N2O4. The first-order valence-corrected chi connectivity index (χ1v) is 7.22. The monoisotopic (exact) mass is 316 g/mol. The Labute approximate surface area is 134 Å². The van der Waals surface area contributed by atoms with E-state index < -0.39 is 17.9 Å². The van der Waals surface area contributed by atoms with E-state index in [4.69, 9.17) is 9.84 Å². The van der Waals surface area contributed by atoms with Crippen LogP contribution in [0.3, 0.4) is 0 Å². The van der Waals surface area contributed by atoms with E-state index in [0.29, 0.717) is 11.3 Å². The van der Waals surface area contributed by atoms with Gasteiger partial charge < -0.3 is 19.7 Å². The van der Waals surface area contributed by atoms with Crippen molar-refractivity contribution in [2.75, 3.05) is 7.11 Å². The molecule has 1 aromatic carbocycles. The molecule has 0 aliphatic rings. The summed E-state index contributed by atoms with van der Waals surface area (Å²) in [6, 6.07) is 8.31. The van der Waals surface area contributed by atoms with Gasteiger partial charge in [-0.05, 0) is 39.0 Å². The van der Waals surface area contributed by atoms with Crippen molar-refractivity contribution < 1.29 is 19.4 Å². The summed E-state index contributed by atoms with van der Waals surface area (Å²) >= 11 is 0. The molecule has 2 aromatic rings. The van der Waals surface area contributed by atoms with Crippen molar-refractivity contribution in [3.63, 3.8) is 0 Å². The number of carboxylic acid groups (broad SMARTS) is 1. The van der Waals surface area contributed by atoms with Crippen LogP contribution in [0.25, 0.3) is 5.69 Å². The third-order valence-corrected chi connectivity index (χ3v) is 3.72. The average Bonchev–Trinajstić information content (AvgIpc) is 2.81. The summed E-state index contributed by atoms with van der Waals surface area (Å²) in [5.74, 6) is -0.786. The van der Waals surface area contributed by atoms with Gasteiger partial charge in [0.25, 0.3) is 5.91 Å². The van der Waals surface area contributed by atoms with Gasteiger partial charge in [0, 0.05) is 11.4 Å². The fourth-order valence-corrected chi connectivity index (χ4v) is 2.51. The first-order valence-electron chi connectivity index (χ1n) is 7.22. The summed E-state index contributed by atoms with van der Waals surface area (Å²) in [4.78, 5) is 23.2. The molecule has 6 heteroatoms. The normalized spacial score (nSPS) is 11.8. The van der Waals surface area contributed by atoms with Gasteiger partial charge in [0.15, 0.2) is 0 Å². The molecular weight excluding hydrogens is 296 g/mol. The summed E-state index contributed by atoms with van der Waals surface area (Å²) in [6.07, 6.45) is 0. The van der Waals surface area contributed by atoms with Gasteiger partial charge in [0.05, 0.1) is 18.4 Å². The lowest BCUT2D eigenvalue weighted by Gasteiger charge is -2.14. The Morgan fingerprint density at radius 1 is 1.26 bits per heavy atom. The van der Waals surface area contributed by atoms with E-state index in [1.807, 2.05) is 42.7 Å². The van der Waals surface area contributed by atoms with Crippen LogP contribution in [0.5, 0.6) is 5.75 Å². The predicted octanol–water partition coefficient (Wildman–Crippen LogP) is 2.31. The van der Waals surface area contributed by atoms with E-state index in [2.05, 4.69) is 5.32 Å². The number of carboxylic acids is 1. The molecule has 1 heterocycles. The first kappa shape index (κ1) is 16.6. The van der Waals surface area contributed by atoms with Crippen LogP contribution in [0.2, 0.25) is 0 Å². The van der Waals surface area contributed by atoms with Crippen LogP contribution in [-0.4, -0.2) is 34.7 Å². The van der Waals surface area contributed by atoms with Gasteiger partial charge in [-0.2, -0.15) is 0 Å². The third-order valence-electron chi connectivity index (χ3n) is 3.72. The highest BCUT2D eigenvalue weighted by molar-refractivity contribution is 5.98. The summed E-state index contributed by atoms with van der Waals surface area (Å²) in [5.41, 5.74) is 2.86. The number of aryl methyl sites for hydroxylation is 1. The fraction of sp³-hybridized carbons (Fsp3) is 0.294. The van der Waals surface area contributed by atoms with Gasteiger partial charge in [-0.1, -0.05) is 12.1 Å². The number of nitrogens with zero attached hydrogens (tertiary/aromatic N) is 1. The van der Waals surface area contributed by atoms with Gasteiger partial charge in [0.2, 0.25) is 0 Å². The maximum Gasteiger partial charge on any atom is 0.325 e. The molecule has 2 N–H and O–H groups in total. The van der Waals surface area contributed by atoms with Crippen molar-refractivity contribution in [1.82, 2.24) is 9.88 Å². The van der Waals surface area contributed by atoms with Gasteiger partial charge in [-0.15, -0.1) is 0 Å². The Morgan fingerprint density at radius 3 is 2.52 bits per heavy atom. The highest BCUT2D eigenvalue weighted by Crippen LogP contribution is 2.27. The van der Waals surface area contributed by atoms with E-state index in [0.717, 1.165) is 17.1 Å². The SMILES string of the molecule is COc1ccccc1-n1c(C)cc(C(=O)NC(C)C(=O)O)c1C. The van der Waals surface area contributed by atoms with Crippen molar-refractivity contribution >= 4 is 11.9 Å². The number of hydrogen-bond donors (Lipinski definition) is 2. The molecule has 0 bridgehead atoms. The number of hydrogen-bond acceptors (Lipinski definition) is 3. The second-order valence-corrected chi connectivity index (χ2v) is 5.33. The number of rotatable bonds is 5.